The summed E-state index contributed by atoms with van der Waals surface area (Å²) in [6, 6.07) is 10.0. The molecule has 0 saturated heterocycles. The van der Waals surface area contributed by atoms with Crippen molar-refractivity contribution in [2.45, 2.75) is 13.8 Å². The van der Waals surface area contributed by atoms with E-state index in [2.05, 4.69) is 0 Å². The summed E-state index contributed by atoms with van der Waals surface area (Å²) in [5.74, 6) is 1.41. The van der Waals surface area contributed by atoms with Crippen LogP contribution < -0.4 is 14.2 Å². The van der Waals surface area contributed by atoms with Crippen LogP contribution in [0.1, 0.15) is 29.8 Å². The fourth-order valence-electron chi connectivity index (χ4n) is 2.29. The summed E-state index contributed by atoms with van der Waals surface area (Å²) in [4.78, 5) is 12.3. The third kappa shape index (κ3) is 4.76. The van der Waals surface area contributed by atoms with Crippen molar-refractivity contribution in [1.29, 1.82) is 0 Å². The largest absolute Gasteiger partial charge is 0.507 e. The quantitative estimate of drug-likeness (QED) is 0.578. The normalized spacial score (nSPS) is 10.7. The average molecular weight is 342 g/mol. The zero-order valence-corrected chi connectivity index (χ0v) is 14.6. The number of rotatable bonds is 8. The molecule has 2 rings (SSSR count). The Hall–Kier alpha value is -2.95. The second-order valence-corrected chi connectivity index (χ2v) is 5.15. The summed E-state index contributed by atoms with van der Waals surface area (Å²) >= 11 is 0. The zero-order chi connectivity index (χ0) is 18.2. The standard InChI is InChI=1S/C20H22O5/c1-4-24-16-8-6-14(20(13-16)25-5-2)7-11-18(21)17-10-9-15(23-3)12-19(17)22/h6-13,22H,4-5H2,1-3H3. The van der Waals surface area contributed by atoms with Gasteiger partial charge in [-0.3, -0.25) is 4.79 Å². The molecule has 2 aromatic carbocycles. The molecule has 0 heterocycles. The predicted octanol–water partition coefficient (Wildman–Crippen LogP) is 4.09. The van der Waals surface area contributed by atoms with Crippen LogP contribution in [0.15, 0.2) is 42.5 Å². The Balaban J connectivity index is 2.24. The van der Waals surface area contributed by atoms with E-state index in [1.807, 2.05) is 26.0 Å². The van der Waals surface area contributed by atoms with E-state index in [-0.39, 0.29) is 17.1 Å². The van der Waals surface area contributed by atoms with Crippen LogP contribution in [0.4, 0.5) is 0 Å². The molecule has 0 aliphatic carbocycles. The summed E-state index contributed by atoms with van der Waals surface area (Å²) in [6.45, 7) is 4.87. The highest BCUT2D eigenvalue weighted by atomic mass is 16.5. The van der Waals surface area contributed by atoms with Crippen molar-refractivity contribution < 1.29 is 24.1 Å². The summed E-state index contributed by atoms with van der Waals surface area (Å²) in [7, 11) is 1.50. The lowest BCUT2D eigenvalue weighted by Gasteiger charge is -2.10. The fourth-order valence-corrected chi connectivity index (χ4v) is 2.29. The molecule has 0 saturated carbocycles. The molecule has 0 spiro atoms. The first-order chi connectivity index (χ1) is 12.1. The lowest BCUT2D eigenvalue weighted by Crippen LogP contribution is -1.98. The van der Waals surface area contributed by atoms with E-state index in [0.29, 0.717) is 30.5 Å². The number of carbonyl (C=O) groups is 1. The molecule has 0 aromatic heterocycles. The Labute approximate surface area is 147 Å². The lowest BCUT2D eigenvalue weighted by atomic mass is 10.1. The van der Waals surface area contributed by atoms with Gasteiger partial charge in [0, 0.05) is 17.7 Å². The van der Waals surface area contributed by atoms with Gasteiger partial charge in [0.2, 0.25) is 0 Å². The summed E-state index contributed by atoms with van der Waals surface area (Å²) in [5, 5.41) is 9.95. The molecule has 132 valence electrons. The number of ketones is 1. The Morgan fingerprint density at radius 2 is 1.76 bits per heavy atom. The van der Waals surface area contributed by atoms with Crippen LogP contribution in [0.25, 0.3) is 6.08 Å². The number of allylic oxidation sites excluding steroid dienone is 1. The van der Waals surface area contributed by atoms with Crippen LogP contribution in [0.3, 0.4) is 0 Å². The molecule has 0 atom stereocenters. The zero-order valence-electron chi connectivity index (χ0n) is 14.6. The molecule has 0 radical (unpaired) electrons. The van der Waals surface area contributed by atoms with Crippen LogP contribution in [-0.2, 0) is 0 Å². The molecule has 25 heavy (non-hydrogen) atoms. The van der Waals surface area contributed by atoms with E-state index in [1.165, 1.54) is 25.3 Å². The molecule has 0 aliphatic rings. The number of phenols is 1. The highest BCUT2D eigenvalue weighted by Crippen LogP contribution is 2.27. The van der Waals surface area contributed by atoms with E-state index in [0.717, 1.165) is 5.56 Å². The monoisotopic (exact) mass is 342 g/mol. The van der Waals surface area contributed by atoms with E-state index in [1.54, 1.807) is 18.2 Å². The number of carbonyl (C=O) groups excluding carboxylic acids is 1. The van der Waals surface area contributed by atoms with Crippen molar-refractivity contribution in [2.24, 2.45) is 0 Å². The summed E-state index contributed by atoms with van der Waals surface area (Å²) < 4.78 is 16.1. The number of phenolic OH excluding ortho intramolecular Hbond substituents is 1. The van der Waals surface area contributed by atoms with Crippen molar-refractivity contribution in [3.8, 4) is 23.0 Å². The van der Waals surface area contributed by atoms with Gasteiger partial charge in [-0.1, -0.05) is 0 Å². The number of aromatic hydroxyl groups is 1. The molecule has 5 heteroatoms. The van der Waals surface area contributed by atoms with Crippen LogP contribution >= 0.6 is 0 Å². The van der Waals surface area contributed by atoms with Gasteiger partial charge in [0.25, 0.3) is 0 Å². The Morgan fingerprint density at radius 1 is 1.04 bits per heavy atom. The molecule has 0 bridgehead atoms. The Morgan fingerprint density at radius 3 is 2.40 bits per heavy atom. The number of hydrogen-bond acceptors (Lipinski definition) is 5. The topological polar surface area (TPSA) is 65.0 Å². The number of hydrogen-bond donors (Lipinski definition) is 1. The highest BCUT2D eigenvalue weighted by molar-refractivity contribution is 6.08. The smallest absolute Gasteiger partial charge is 0.189 e. The minimum absolute atomic E-state index is 0.120. The number of methoxy groups -OCH3 is 1. The van der Waals surface area contributed by atoms with Crippen molar-refractivity contribution in [3.05, 3.63) is 53.6 Å². The van der Waals surface area contributed by atoms with Crippen LogP contribution in [0.2, 0.25) is 0 Å². The third-order valence-electron chi connectivity index (χ3n) is 3.48. The van der Waals surface area contributed by atoms with E-state index in [4.69, 9.17) is 14.2 Å². The van der Waals surface area contributed by atoms with Crippen molar-refractivity contribution in [3.63, 3.8) is 0 Å². The molecule has 0 fully saturated rings. The minimum atomic E-state index is -0.309. The molecule has 0 aliphatic heterocycles. The van der Waals surface area contributed by atoms with E-state index >= 15 is 0 Å². The lowest BCUT2D eigenvalue weighted by molar-refractivity contribution is 0.104. The van der Waals surface area contributed by atoms with E-state index < -0.39 is 0 Å². The van der Waals surface area contributed by atoms with Crippen LogP contribution in [0.5, 0.6) is 23.0 Å². The highest BCUT2D eigenvalue weighted by Gasteiger charge is 2.10. The molecule has 0 amide bonds. The van der Waals surface area contributed by atoms with Gasteiger partial charge >= 0.3 is 0 Å². The average Bonchev–Trinajstić information content (AvgIpc) is 2.61. The van der Waals surface area contributed by atoms with Crippen molar-refractivity contribution in [1.82, 2.24) is 0 Å². The van der Waals surface area contributed by atoms with Gasteiger partial charge in [0.15, 0.2) is 5.78 Å². The number of benzene rings is 2. The molecule has 1 N–H and O–H groups in total. The first-order valence-electron chi connectivity index (χ1n) is 8.08. The van der Waals surface area contributed by atoms with Crippen molar-refractivity contribution >= 4 is 11.9 Å². The minimum Gasteiger partial charge on any atom is -0.507 e. The van der Waals surface area contributed by atoms with Crippen molar-refractivity contribution in [2.75, 3.05) is 20.3 Å². The van der Waals surface area contributed by atoms with E-state index in [9.17, 15) is 9.90 Å². The maximum atomic E-state index is 12.3. The second kappa shape index (κ2) is 8.78. The SMILES string of the molecule is CCOc1ccc(C=CC(=O)c2ccc(OC)cc2O)c(OCC)c1. The first-order valence-corrected chi connectivity index (χ1v) is 8.08. The Kier molecular flexibility index (Phi) is 6.46. The molecular weight excluding hydrogens is 320 g/mol. The Bertz CT molecular complexity index is 765. The summed E-state index contributed by atoms with van der Waals surface area (Å²) in [6.07, 6.45) is 3.06. The van der Waals surface area contributed by atoms with Gasteiger partial charge < -0.3 is 19.3 Å². The van der Waals surface area contributed by atoms with Gasteiger partial charge in [0.1, 0.15) is 23.0 Å². The van der Waals surface area contributed by atoms with Gasteiger partial charge in [-0.05, 0) is 50.3 Å². The molecule has 5 nitrogen and oxygen atoms in total. The second-order valence-electron chi connectivity index (χ2n) is 5.15. The molecular formula is C20H22O5. The fraction of sp³-hybridized carbons (Fsp3) is 0.250. The van der Waals surface area contributed by atoms with Gasteiger partial charge in [-0.15, -0.1) is 0 Å². The summed E-state index contributed by atoms with van der Waals surface area (Å²) in [5.41, 5.74) is 0.965. The molecule has 2 aromatic rings. The third-order valence-corrected chi connectivity index (χ3v) is 3.48. The maximum Gasteiger partial charge on any atom is 0.189 e. The molecule has 0 unspecified atom stereocenters. The number of ether oxygens (including phenoxy) is 3. The van der Waals surface area contributed by atoms with Crippen LogP contribution in [0, 0.1) is 0 Å². The van der Waals surface area contributed by atoms with Crippen LogP contribution in [-0.4, -0.2) is 31.2 Å². The predicted molar refractivity (Wildman–Crippen MR) is 96.8 cm³/mol. The van der Waals surface area contributed by atoms with Gasteiger partial charge in [-0.2, -0.15) is 0 Å². The van der Waals surface area contributed by atoms with Gasteiger partial charge in [-0.25, -0.2) is 0 Å². The van der Waals surface area contributed by atoms with Gasteiger partial charge in [0.05, 0.1) is 25.9 Å². The maximum absolute atomic E-state index is 12.3. The first kappa shape index (κ1) is 18.4.